The lowest BCUT2D eigenvalue weighted by molar-refractivity contribution is -0.137. The van der Waals surface area contributed by atoms with Gasteiger partial charge >= 0.3 is 6.18 Å². The molecule has 2 amide bonds. The molecule has 0 saturated heterocycles. The number of hydrogen-bond acceptors (Lipinski definition) is 3. The van der Waals surface area contributed by atoms with Gasteiger partial charge in [0.05, 0.1) is 16.9 Å². The van der Waals surface area contributed by atoms with Crippen LogP contribution < -0.4 is 10.6 Å². The zero-order valence-electron chi connectivity index (χ0n) is 12.4. The first-order valence-electron chi connectivity index (χ1n) is 7.16. The molecule has 23 heavy (non-hydrogen) atoms. The molecule has 1 atom stereocenters. The van der Waals surface area contributed by atoms with Gasteiger partial charge in [-0.25, -0.2) is 0 Å². The minimum absolute atomic E-state index is 0.0809. The molecule has 1 heterocycles. The Balaban J connectivity index is 2.24. The lowest BCUT2D eigenvalue weighted by atomic mass is 10.1. The molecule has 0 aromatic heterocycles. The monoisotopic (exact) mass is 327 g/mol. The molecule has 2 N–H and O–H groups in total. The number of nitrogens with zero attached hydrogens (tertiary/aromatic N) is 1. The van der Waals surface area contributed by atoms with Crippen molar-refractivity contribution < 1.29 is 22.8 Å². The molecule has 1 aliphatic heterocycles. The molecule has 1 aromatic rings. The van der Waals surface area contributed by atoms with Crippen molar-refractivity contribution in [3.05, 3.63) is 23.8 Å². The Bertz CT molecular complexity index is 641. The van der Waals surface area contributed by atoms with Gasteiger partial charge in [0.15, 0.2) is 5.92 Å². The van der Waals surface area contributed by atoms with Crippen molar-refractivity contribution in [2.24, 2.45) is 10.9 Å². The summed E-state index contributed by atoms with van der Waals surface area (Å²) in [5, 5.41) is 4.78. The SMILES string of the molecule is CCCCN=CC1C(=O)Nc2ccc(C(F)(F)F)cc2NC1=O. The van der Waals surface area contributed by atoms with Crippen molar-refractivity contribution in [1.29, 1.82) is 0 Å². The predicted octanol–water partition coefficient (Wildman–Crippen LogP) is 3.08. The van der Waals surface area contributed by atoms with Gasteiger partial charge < -0.3 is 10.6 Å². The smallest absolute Gasteiger partial charge is 0.323 e. The average Bonchev–Trinajstić information content (AvgIpc) is 2.58. The zero-order valence-corrected chi connectivity index (χ0v) is 12.4. The van der Waals surface area contributed by atoms with Crippen LogP contribution in [-0.4, -0.2) is 24.6 Å². The Kier molecular flexibility index (Phi) is 5.02. The summed E-state index contributed by atoms with van der Waals surface area (Å²) in [6.45, 7) is 2.47. The highest BCUT2D eigenvalue weighted by atomic mass is 19.4. The summed E-state index contributed by atoms with van der Waals surface area (Å²) in [5.41, 5.74) is -0.857. The van der Waals surface area contributed by atoms with Gasteiger partial charge in [0.2, 0.25) is 11.8 Å². The number of unbranched alkanes of at least 4 members (excludes halogenated alkanes) is 1. The van der Waals surface area contributed by atoms with Crippen molar-refractivity contribution in [2.75, 3.05) is 17.2 Å². The second kappa shape index (κ2) is 6.80. The van der Waals surface area contributed by atoms with Crippen molar-refractivity contribution in [2.45, 2.75) is 25.9 Å². The van der Waals surface area contributed by atoms with E-state index in [1.165, 1.54) is 6.21 Å². The molecule has 1 unspecified atom stereocenters. The fourth-order valence-corrected chi connectivity index (χ4v) is 2.04. The summed E-state index contributed by atoms with van der Waals surface area (Å²) >= 11 is 0. The number of rotatable bonds is 4. The highest BCUT2D eigenvalue weighted by Gasteiger charge is 2.34. The van der Waals surface area contributed by atoms with Crippen molar-refractivity contribution in [3.8, 4) is 0 Å². The number of carbonyl (C=O) groups excluding carboxylic acids is 2. The summed E-state index contributed by atoms with van der Waals surface area (Å²) in [6.07, 6.45) is -1.55. The largest absolute Gasteiger partial charge is 0.416 e. The van der Waals surface area contributed by atoms with E-state index in [-0.39, 0.29) is 11.4 Å². The maximum atomic E-state index is 12.7. The number of benzene rings is 1. The number of hydrogen-bond donors (Lipinski definition) is 2. The fourth-order valence-electron chi connectivity index (χ4n) is 2.04. The first kappa shape index (κ1) is 17.0. The summed E-state index contributed by atoms with van der Waals surface area (Å²) in [6, 6.07) is 2.76. The van der Waals surface area contributed by atoms with E-state index < -0.39 is 29.5 Å². The average molecular weight is 327 g/mol. The standard InChI is InChI=1S/C15H16F3N3O2/c1-2-3-6-19-8-10-13(22)20-11-5-4-9(15(16,17)18)7-12(11)21-14(10)23/h4-5,7-8,10H,2-3,6H2,1H3,(H,20,22)(H,21,23). The number of nitrogens with one attached hydrogen (secondary N) is 2. The molecule has 0 fully saturated rings. The van der Waals surface area contributed by atoms with E-state index in [0.29, 0.717) is 6.54 Å². The number of alkyl halides is 3. The maximum absolute atomic E-state index is 12.7. The van der Waals surface area contributed by atoms with Gasteiger partial charge in [0, 0.05) is 12.8 Å². The quantitative estimate of drug-likeness (QED) is 0.507. The molecule has 1 aliphatic rings. The number of halogens is 3. The van der Waals surface area contributed by atoms with Crippen LogP contribution in [0.2, 0.25) is 0 Å². The lowest BCUT2D eigenvalue weighted by Crippen LogP contribution is -2.32. The van der Waals surface area contributed by atoms with Crippen molar-refractivity contribution in [1.82, 2.24) is 0 Å². The summed E-state index contributed by atoms with van der Waals surface area (Å²) in [5.74, 6) is -2.50. The summed E-state index contributed by atoms with van der Waals surface area (Å²) in [4.78, 5) is 28.1. The molecular formula is C15H16F3N3O2. The Morgan fingerprint density at radius 3 is 2.43 bits per heavy atom. The third-order valence-electron chi connectivity index (χ3n) is 3.32. The van der Waals surface area contributed by atoms with Crippen LogP contribution in [-0.2, 0) is 15.8 Å². The van der Waals surface area contributed by atoms with E-state index in [9.17, 15) is 22.8 Å². The van der Waals surface area contributed by atoms with Crippen LogP contribution in [0.15, 0.2) is 23.2 Å². The molecule has 0 saturated carbocycles. The van der Waals surface area contributed by atoms with E-state index in [1.807, 2.05) is 6.92 Å². The van der Waals surface area contributed by atoms with Crippen LogP contribution in [0.25, 0.3) is 0 Å². The van der Waals surface area contributed by atoms with E-state index in [2.05, 4.69) is 15.6 Å². The van der Waals surface area contributed by atoms with E-state index >= 15 is 0 Å². The van der Waals surface area contributed by atoms with Gasteiger partial charge in [0.1, 0.15) is 0 Å². The van der Waals surface area contributed by atoms with Crippen LogP contribution in [0.5, 0.6) is 0 Å². The number of amides is 2. The highest BCUT2D eigenvalue weighted by Crippen LogP contribution is 2.35. The van der Waals surface area contributed by atoms with Crippen LogP contribution in [0.3, 0.4) is 0 Å². The van der Waals surface area contributed by atoms with Gasteiger partial charge in [-0.05, 0) is 24.6 Å². The summed E-state index contributed by atoms with van der Waals surface area (Å²) < 4.78 is 38.2. The second-order valence-electron chi connectivity index (χ2n) is 5.12. The van der Waals surface area contributed by atoms with Gasteiger partial charge in [-0.3, -0.25) is 14.6 Å². The molecule has 0 radical (unpaired) electrons. The molecule has 5 nitrogen and oxygen atoms in total. The number of carbonyl (C=O) groups is 2. The van der Waals surface area contributed by atoms with Crippen LogP contribution in [0.4, 0.5) is 24.5 Å². The normalized spacial score (nSPS) is 18.3. The maximum Gasteiger partial charge on any atom is 0.416 e. The molecule has 8 heteroatoms. The number of aliphatic imine (C=N–C) groups is 1. The van der Waals surface area contributed by atoms with Gasteiger partial charge in [-0.2, -0.15) is 13.2 Å². The van der Waals surface area contributed by atoms with E-state index in [1.54, 1.807) is 0 Å². The second-order valence-corrected chi connectivity index (χ2v) is 5.12. The fraction of sp³-hybridized carbons (Fsp3) is 0.400. The summed E-state index contributed by atoms with van der Waals surface area (Å²) in [7, 11) is 0. The Hall–Kier alpha value is -2.38. The first-order valence-corrected chi connectivity index (χ1v) is 7.16. The van der Waals surface area contributed by atoms with Gasteiger partial charge in [0.25, 0.3) is 0 Å². The van der Waals surface area contributed by atoms with E-state index in [4.69, 9.17) is 0 Å². The molecular weight excluding hydrogens is 311 g/mol. The Morgan fingerprint density at radius 1 is 1.17 bits per heavy atom. The third kappa shape index (κ3) is 4.08. The number of anilines is 2. The van der Waals surface area contributed by atoms with Crippen molar-refractivity contribution in [3.63, 3.8) is 0 Å². The molecule has 1 aromatic carbocycles. The van der Waals surface area contributed by atoms with Crippen LogP contribution in [0, 0.1) is 5.92 Å². The highest BCUT2D eigenvalue weighted by molar-refractivity contribution is 6.23. The first-order chi connectivity index (χ1) is 10.8. The van der Waals surface area contributed by atoms with Crippen LogP contribution in [0.1, 0.15) is 25.3 Å². The molecule has 2 rings (SSSR count). The van der Waals surface area contributed by atoms with Gasteiger partial charge in [-0.1, -0.05) is 13.3 Å². The Labute approximate surface area is 131 Å². The minimum Gasteiger partial charge on any atom is -0.323 e. The van der Waals surface area contributed by atoms with E-state index in [0.717, 1.165) is 31.0 Å². The topological polar surface area (TPSA) is 70.6 Å². The van der Waals surface area contributed by atoms with Crippen LogP contribution >= 0.6 is 0 Å². The molecule has 0 bridgehead atoms. The van der Waals surface area contributed by atoms with Crippen molar-refractivity contribution >= 4 is 29.4 Å². The molecule has 0 aliphatic carbocycles. The Morgan fingerprint density at radius 2 is 1.83 bits per heavy atom. The molecule has 0 spiro atoms. The zero-order chi connectivity index (χ0) is 17.0. The molecule has 124 valence electrons. The third-order valence-corrected chi connectivity index (χ3v) is 3.32. The minimum atomic E-state index is -4.53. The predicted molar refractivity (Wildman–Crippen MR) is 80.5 cm³/mol. The lowest BCUT2D eigenvalue weighted by Gasteiger charge is -2.11. The van der Waals surface area contributed by atoms with Gasteiger partial charge in [-0.15, -0.1) is 0 Å². The number of fused-ring (bicyclic) bond motifs is 1.